The molecule has 8 heteroatoms. The number of piperazine rings is 1. The second kappa shape index (κ2) is 12.1. The molecular formula is C30H52FN3O4. The molecule has 1 saturated carbocycles. The number of nitrogens with zero attached hydrogens (tertiary/aromatic N) is 2. The van der Waals surface area contributed by atoms with E-state index >= 15 is 0 Å². The van der Waals surface area contributed by atoms with Crippen molar-refractivity contribution < 1.29 is 23.5 Å². The van der Waals surface area contributed by atoms with Gasteiger partial charge in [-0.2, -0.15) is 0 Å². The van der Waals surface area contributed by atoms with Crippen LogP contribution < -0.4 is 5.32 Å². The molecule has 2 amide bonds. The number of piperidine rings is 1. The van der Waals surface area contributed by atoms with Crippen LogP contribution >= 0.6 is 0 Å². The molecule has 4 rings (SSSR count). The minimum atomic E-state index is -1.02. The van der Waals surface area contributed by atoms with E-state index < -0.39 is 17.5 Å². The van der Waals surface area contributed by atoms with Crippen molar-refractivity contribution in [1.82, 2.24) is 15.1 Å². The van der Waals surface area contributed by atoms with Crippen LogP contribution in [0.5, 0.6) is 0 Å². The Balaban J connectivity index is 1.35. The Morgan fingerprint density at radius 1 is 1.08 bits per heavy atom. The van der Waals surface area contributed by atoms with Crippen molar-refractivity contribution in [1.29, 1.82) is 0 Å². The topological polar surface area (TPSA) is 71.1 Å². The van der Waals surface area contributed by atoms with Crippen LogP contribution in [0.1, 0.15) is 92.9 Å². The highest BCUT2D eigenvalue weighted by atomic mass is 19.1. The highest BCUT2D eigenvalue weighted by Crippen LogP contribution is 2.42. The molecule has 3 heterocycles. The van der Waals surface area contributed by atoms with Gasteiger partial charge in [-0.3, -0.25) is 9.59 Å². The highest BCUT2D eigenvalue weighted by Gasteiger charge is 2.47. The average molecular weight is 538 g/mol. The number of rotatable bonds is 8. The summed E-state index contributed by atoms with van der Waals surface area (Å²) in [6.07, 6.45) is 5.95. The number of alkyl halides is 1. The lowest BCUT2D eigenvalue weighted by molar-refractivity contribution is -0.304. The SMILES string of the molecule is CC(C)C[C@@H]1NCCN([C@@H](CC(C)C)C(=O)N2CCC3(C[C@@H]2C)OCC(CC2CCC(C)(F)C2)CO3)C1=O. The molecule has 7 nitrogen and oxygen atoms in total. The summed E-state index contributed by atoms with van der Waals surface area (Å²) in [7, 11) is 0. The van der Waals surface area contributed by atoms with Crippen LogP contribution in [0.4, 0.5) is 4.39 Å². The summed E-state index contributed by atoms with van der Waals surface area (Å²) in [6.45, 7) is 15.4. The number of nitrogens with one attached hydrogen (secondary N) is 1. The van der Waals surface area contributed by atoms with Crippen molar-refractivity contribution in [2.24, 2.45) is 23.7 Å². The van der Waals surface area contributed by atoms with Crippen molar-refractivity contribution in [3.8, 4) is 0 Å². The van der Waals surface area contributed by atoms with Gasteiger partial charge < -0.3 is 24.6 Å². The summed E-state index contributed by atoms with van der Waals surface area (Å²) in [5.74, 6) is 0.916. The van der Waals surface area contributed by atoms with Crippen molar-refractivity contribution >= 4 is 11.8 Å². The molecule has 0 bridgehead atoms. The van der Waals surface area contributed by atoms with E-state index in [0.717, 1.165) is 25.8 Å². The summed E-state index contributed by atoms with van der Waals surface area (Å²) in [5.41, 5.74) is -1.02. The smallest absolute Gasteiger partial charge is 0.245 e. The fourth-order valence-electron chi connectivity index (χ4n) is 7.23. The van der Waals surface area contributed by atoms with Crippen molar-refractivity contribution in [2.75, 3.05) is 32.8 Å². The molecule has 0 aromatic rings. The van der Waals surface area contributed by atoms with Gasteiger partial charge >= 0.3 is 0 Å². The van der Waals surface area contributed by atoms with E-state index in [-0.39, 0.29) is 23.9 Å². The third-order valence-corrected chi connectivity index (χ3v) is 9.16. The maximum Gasteiger partial charge on any atom is 0.245 e. The van der Waals surface area contributed by atoms with Gasteiger partial charge in [0.15, 0.2) is 5.79 Å². The van der Waals surface area contributed by atoms with E-state index in [1.807, 2.05) is 9.80 Å². The lowest BCUT2D eigenvalue weighted by Crippen LogP contribution is -2.64. The molecule has 0 aromatic carbocycles. The molecule has 5 atom stereocenters. The van der Waals surface area contributed by atoms with Crippen LogP contribution in [0.2, 0.25) is 0 Å². The van der Waals surface area contributed by atoms with Gasteiger partial charge in [0.1, 0.15) is 11.7 Å². The van der Waals surface area contributed by atoms with Crippen LogP contribution in [0.3, 0.4) is 0 Å². The minimum Gasteiger partial charge on any atom is -0.349 e. The van der Waals surface area contributed by atoms with E-state index in [9.17, 15) is 14.0 Å². The molecule has 1 spiro atoms. The number of likely N-dealkylation sites (tertiary alicyclic amines) is 1. The Morgan fingerprint density at radius 2 is 1.79 bits per heavy atom. The molecule has 3 saturated heterocycles. The number of hydrogen-bond acceptors (Lipinski definition) is 5. The first-order chi connectivity index (χ1) is 17.9. The van der Waals surface area contributed by atoms with Gasteiger partial charge in [-0.1, -0.05) is 27.7 Å². The highest BCUT2D eigenvalue weighted by molar-refractivity contribution is 5.90. The van der Waals surface area contributed by atoms with Crippen LogP contribution in [0.15, 0.2) is 0 Å². The average Bonchev–Trinajstić information content (AvgIpc) is 3.18. The molecule has 3 aliphatic heterocycles. The fraction of sp³-hybridized carbons (Fsp3) is 0.933. The zero-order chi connectivity index (χ0) is 27.7. The van der Waals surface area contributed by atoms with E-state index in [2.05, 4.69) is 39.9 Å². The number of carbonyl (C=O) groups excluding carboxylic acids is 2. The van der Waals surface area contributed by atoms with Gasteiger partial charge in [0, 0.05) is 44.4 Å². The van der Waals surface area contributed by atoms with E-state index in [0.29, 0.717) is 82.1 Å². The Hall–Kier alpha value is -1.25. The number of halogens is 1. The van der Waals surface area contributed by atoms with Crippen LogP contribution in [0, 0.1) is 23.7 Å². The Kier molecular flexibility index (Phi) is 9.46. The summed E-state index contributed by atoms with van der Waals surface area (Å²) < 4.78 is 27.0. The minimum absolute atomic E-state index is 0.0333. The molecule has 4 aliphatic rings. The maximum atomic E-state index is 14.3. The summed E-state index contributed by atoms with van der Waals surface area (Å²) in [6, 6.07) is -0.678. The second-order valence-corrected chi connectivity index (χ2v) is 13.8. The summed E-state index contributed by atoms with van der Waals surface area (Å²) in [4.78, 5) is 31.2. The standard InChI is InChI=1S/C30H52FN3O4/c1-20(2)13-25-27(35)34(12-10-32-25)26(14-21(3)4)28(36)33-11-9-30(16-22(33)5)37-18-24(19-38-30)15-23-7-8-29(6,31)17-23/h20-26,32H,7-19H2,1-6H3/t22-,23?,24?,25-,26-,29?,30?/m0/s1. The Bertz CT molecular complexity index is 826. The number of carbonyl (C=O) groups is 2. The maximum absolute atomic E-state index is 14.3. The van der Waals surface area contributed by atoms with Crippen LogP contribution in [-0.4, -0.2) is 84.0 Å². The summed E-state index contributed by atoms with van der Waals surface area (Å²) in [5, 5.41) is 3.37. The molecule has 0 aromatic heterocycles. The van der Waals surface area contributed by atoms with E-state index in [4.69, 9.17) is 9.47 Å². The third-order valence-electron chi connectivity index (χ3n) is 9.16. The predicted molar refractivity (Wildman–Crippen MR) is 146 cm³/mol. The quantitative estimate of drug-likeness (QED) is 0.492. The van der Waals surface area contributed by atoms with Crippen LogP contribution in [-0.2, 0) is 19.1 Å². The first kappa shape index (κ1) is 29.7. The number of ether oxygens (including phenoxy) is 2. The van der Waals surface area contributed by atoms with Crippen molar-refractivity contribution in [2.45, 2.75) is 122 Å². The lowest BCUT2D eigenvalue weighted by Gasteiger charge is -2.49. The van der Waals surface area contributed by atoms with Gasteiger partial charge in [0.05, 0.1) is 19.3 Å². The molecule has 218 valence electrons. The van der Waals surface area contributed by atoms with Crippen molar-refractivity contribution in [3.63, 3.8) is 0 Å². The van der Waals surface area contributed by atoms with Gasteiger partial charge in [0.25, 0.3) is 0 Å². The van der Waals surface area contributed by atoms with Crippen molar-refractivity contribution in [3.05, 3.63) is 0 Å². The normalized spacial score (nSPS) is 37.4. The zero-order valence-corrected chi connectivity index (χ0v) is 24.6. The monoisotopic (exact) mass is 537 g/mol. The van der Waals surface area contributed by atoms with E-state index in [1.54, 1.807) is 6.92 Å². The second-order valence-electron chi connectivity index (χ2n) is 13.8. The molecular weight excluding hydrogens is 485 g/mol. The molecule has 38 heavy (non-hydrogen) atoms. The molecule has 4 fully saturated rings. The number of hydrogen-bond donors (Lipinski definition) is 1. The van der Waals surface area contributed by atoms with Gasteiger partial charge in [-0.15, -0.1) is 0 Å². The Morgan fingerprint density at radius 3 is 2.37 bits per heavy atom. The predicted octanol–water partition coefficient (Wildman–Crippen LogP) is 4.54. The van der Waals surface area contributed by atoms with Gasteiger partial charge in [-0.05, 0) is 70.1 Å². The first-order valence-electron chi connectivity index (χ1n) is 15.2. The molecule has 2 unspecified atom stereocenters. The molecule has 1 N–H and O–H groups in total. The lowest BCUT2D eigenvalue weighted by atomic mass is 9.90. The first-order valence-corrected chi connectivity index (χ1v) is 15.2. The largest absolute Gasteiger partial charge is 0.349 e. The van der Waals surface area contributed by atoms with Gasteiger partial charge in [0.2, 0.25) is 11.8 Å². The zero-order valence-electron chi connectivity index (χ0n) is 24.6. The molecule has 1 aliphatic carbocycles. The number of amides is 2. The third kappa shape index (κ3) is 7.08. The Labute approximate surface area is 229 Å². The van der Waals surface area contributed by atoms with Gasteiger partial charge in [-0.25, -0.2) is 4.39 Å². The fourth-order valence-corrected chi connectivity index (χ4v) is 7.23. The summed E-state index contributed by atoms with van der Waals surface area (Å²) >= 11 is 0. The molecule has 0 radical (unpaired) electrons. The van der Waals surface area contributed by atoms with Crippen LogP contribution in [0.25, 0.3) is 0 Å². The van der Waals surface area contributed by atoms with E-state index in [1.165, 1.54) is 0 Å².